The summed E-state index contributed by atoms with van der Waals surface area (Å²) in [6.07, 6.45) is 4.82. The highest BCUT2D eigenvalue weighted by Gasteiger charge is 2.30. The van der Waals surface area contributed by atoms with Crippen LogP contribution in [0.2, 0.25) is 0 Å². The number of carboxylic acids is 2. The van der Waals surface area contributed by atoms with E-state index in [0.717, 1.165) is 25.7 Å². The highest BCUT2D eigenvalue weighted by atomic mass is 32.2. The van der Waals surface area contributed by atoms with Crippen LogP contribution in [0.15, 0.2) is 0 Å². The molecule has 0 saturated heterocycles. The largest absolute Gasteiger partial charge is 0.550 e. The number of aliphatic carboxylic acids is 2. The molecule has 0 radical (unpaired) electrons. The molecule has 0 rings (SSSR count). The predicted molar refractivity (Wildman–Crippen MR) is 73.4 cm³/mol. The van der Waals surface area contributed by atoms with E-state index in [2.05, 4.69) is 0 Å². The number of hydrogen-bond acceptors (Lipinski definition) is 5. The number of carbonyl (C=O) groups excluding carboxylic acids is 2. The third-order valence-electron chi connectivity index (χ3n) is 3.28. The molecule has 0 atom stereocenters. The lowest BCUT2D eigenvalue weighted by Gasteiger charge is -2.35. The van der Waals surface area contributed by atoms with Crippen molar-refractivity contribution in [3.8, 4) is 0 Å². The first-order chi connectivity index (χ1) is 8.98. The van der Waals surface area contributed by atoms with Crippen LogP contribution in [0, 0.1) is 5.41 Å². The van der Waals surface area contributed by atoms with Crippen molar-refractivity contribution in [2.45, 2.75) is 58.8 Å². The molecule has 0 bridgehead atoms. The van der Waals surface area contributed by atoms with Crippen molar-refractivity contribution in [2.24, 2.45) is 5.41 Å². The lowest BCUT2D eigenvalue weighted by atomic mass is 9.80. The Bertz CT molecular complexity index is 271. The summed E-state index contributed by atoms with van der Waals surface area (Å²) in [6.45, 7) is 4.06. The first kappa shape index (κ1) is 18.3. The van der Waals surface area contributed by atoms with Gasteiger partial charge in [-0.25, -0.2) is 0 Å². The maximum Gasteiger partial charge on any atom is 0.0484 e. The third kappa shape index (κ3) is 7.45. The molecule has 0 aliphatic heterocycles. The van der Waals surface area contributed by atoms with Gasteiger partial charge in [0.1, 0.15) is 0 Å². The zero-order valence-corrected chi connectivity index (χ0v) is 12.7. The van der Waals surface area contributed by atoms with Crippen LogP contribution >= 0.6 is 11.8 Å². The molecule has 0 spiro atoms. The van der Waals surface area contributed by atoms with Crippen LogP contribution in [0.1, 0.15) is 58.8 Å². The average Bonchev–Trinajstić information content (AvgIpc) is 2.36. The number of unbranched alkanes of at least 4 members (excludes halogenated alkanes) is 2. The molecule has 0 N–H and O–H groups in total. The van der Waals surface area contributed by atoms with Crippen LogP contribution in [0.25, 0.3) is 0 Å². The van der Waals surface area contributed by atoms with Crippen LogP contribution in [0.3, 0.4) is 0 Å². The SMILES string of the molecule is CCCCC(CCCC)(CSCCC(=O)[O-])C(=O)[O-]. The van der Waals surface area contributed by atoms with Gasteiger partial charge in [0.15, 0.2) is 0 Å². The van der Waals surface area contributed by atoms with E-state index < -0.39 is 17.4 Å². The lowest BCUT2D eigenvalue weighted by Crippen LogP contribution is -2.44. The smallest absolute Gasteiger partial charge is 0.0484 e. The predicted octanol–water partition coefficient (Wildman–Crippen LogP) is 0.976. The molecule has 0 amide bonds. The van der Waals surface area contributed by atoms with Gasteiger partial charge in [0.2, 0.25) is 0 Å². The van der Waals surface area contributed by atoms with Gasteiger partial charge in [-0.05, 0) is 25.0 Å². The topological polar surface area (TPSA) is 80.3 Å². The van der Waals surface area contributed by atoms with E-state index >= 15 is 0 Å². The molecule has 0 fully saturated rings. The molecule has 0 unspecified atom stereocenters. The van der Waals surface area contributed by atoms with Crippen LogP contribution in [-0.4, -0.2) is 23.4 Å². The van der Waals surface area contributed by atoms with Crippen molar-refractivity contribution >= 4 is 23.7 Å². The molecular formula is C14H24O4S-2. The summed E-state index contributed by atoms with van der Waals surface area (Å²) in [5, 5.41) is 21.9. The quantitative estimate of drug-likeness (QED) is 0.500. The highest BCUT2D eigenvalue weighted by molar-refractivity contribution is 7.99. The average molecular weight is 288 g/mol. The van der Waals surface area contributed by atoms with Gasteiger partial charge in [-0.15, -0.1) is 0 Å². The van der Waals surface area contributed by atoms with E-state index in [0.29, 0.717) is 24.3 Å². The fourth-order valence-corrected chi connectivity index (χ4v) is 3.24. The van der Waals surface area contributed by atoms with E-state index in [1.54, 1.807) is 0 Å². The van der Waals surface area contributed by atoms with E-state index in [1.165, 1.54) is 11.8 Å². The van der Waals surface area contributed by atoms with E-state index in [9.17, 15) is 19.8 Å². The van der Waals surface area contributed by atoms with Crippen molar-refractivity contribution in [3.63, 3.8) is 0 Å². The van der Waals surface area contributed by atoms with Gasteiger partial charge in [-0.3, -0.25) is 0 Å². The summed E-state index contributed by atoms with van der Waals surface area (Å²) in [5.41, 5.74) is -0.803. The molecule has 0 aromatic carbocycles. The number of carbonyl (C=O) groups is 2. The lowest BCUT2D eigenvalue weighted by molar-refractivity contribution is -0.319. The molecule has 19 heavy (non-hydrogen) atoms. The summed E-state index contributed by atoms with van der Waals surface area (Å²) < 4.78 is 0. The second-order valence-corrected chi connectivity index (χ2v) is 6.05. The molecule has 112 valence electrons. The summed E-state index contributed by atoms with van der Waals surface area (Å²) in [7, 11) is 0. The molecule has 5 heteroatoms. The first-order valence-electron chi connectivity index (χ1n) is 6.97. The monoisotopic (exact) mass is 288 g/mol. The second kappa shape index (κ2) is 10.1. The number of thioether (sulfide) groups is 1. The normalized spacial score (nSPS) is 11.5. The van der Waals surface area contributed by atoms with Crippen molar-refractivity contribution in [3.05, 3.63) is 0 Å². The maximum atomic E-state index is 11.5. The zero-order chi connectivity index (χ0) is 14.7. The molecule has 0 saturated carbocycles. The Morgan fingerprint density at radius 3 is 1.95 bits per heavy atom. The van der Waals surface area contributed by atoms with Crippen LogP contribution in [0.4, 0.5) is 0 Å². The number of hydrogen-bond donors (Lipinski definition) is 0. The Hall–Kier alpha value is -0.710. The Labute approximate surface area is 120 Å². The fourth-order valence-electron chi connectivity index (χ4n) is 1.99. The molecule has 0 aromatic rings. The van der Waals surface area contributed by atoms with Gasteiger partial charge in [0, 0.05) is 23.1 Å². The Morgan fingerprint density at radius 1 is 1.05 bits per heavy atom. The van der Waals surface area contributed by atoms with Crippen molar-refractivity contribution < 1.29 is 19.8 Å². The van der Waals surface area contributed by atoms with Crippen molar-refractivity contribution in [2.75, 3.05) is 11.5 Å². The minimum atomic E-state index is -1.09. The summed E-state index contributed by atoms with van der Waals surface area (Å²) in [6, 6.07) is 0. The zero-order valence-electron chi connectivity index (χ0n) is 11.9. The molecule has 0 aliphatic rings. The fraction of sp³-hybridized carbons (Fsp3) is 0.857. The summed E-state index contributed by atoms with van der Waals surface area (Å²) in [4.78, 5) is 21.9. The second-order valence-electron chi connectivity index (χ2n) is 4.95. The summed E-state index contributed by atoms with van der Waals surface area (Å²) in [5.74, 6) is -1.25. The number of carboxylic acid groups (broad SMARTS) is 2. The maximum absolute atomic E-state index is 11.5. The minimum absolute atomic E-state index is 0.0324. The number of rotatable bonds is 12. The Morgan fingerprint density at radius 2 is 1.58 bits per heavy atom. The van der Waals surface area contributed by atoms with E-state index in [-0.39, 0.29) is 6.42 Å². The van der Waals surface area contributed by atoms with E-state index in [4.69, 9.17) is 0 Å². The standard InChI is InChI=1S/C14H26O4S/c1-3-5-8-14(13(17)18,9-6-4-2)11-19-10-7-12(15)16/h3-11H2,1-2H3,(H,15,16)(H,17,18)/p-2. The third-order valence-corrected chi connectivity index (χ3v) is 4.53. The van der Waals surface area contributed by atoms with Gasteiger partial charge >= 0.3 is 0 Å². The molecular weight excluding hydrogens is 264 g/mol. The minimum Gasteiger partial charge on any atom is -0.550 e. The van der Waals surface area contributed by atoms with Gasteiger partial charge in [0.05, 0.1) is 0 Å². The van der Waals surface area contributed by atoms with Gasteiger partial charge < -0.3 is 19.8 Å². The molecule has 0 aromatic heterocycles. The Balaban J connectivity index is 4.50. The van der Waals surface area contributed by atoms with Crippen molar-refractivity contribution in [1.29, 1.82) is 0 Å². The molecule has 4 nitrogen and oxygen atoms in total. The van der Waals surface area contributed by atoms with Gasteiger partial charge in [-0.1, -0.05) is 39.5 Å². The van der Waals surface area contributed by atoms with Crippen LogP contribution < -0.4 is 10.2 Å². The van der Waals surface area contributed by atoms with Gasteiger partial charge in [-0.2, -0.15) is 11.8 Å². The Kier molecular flexibility index (Phi) is 9.74. The van der Waals surface area contributed by atoms with Gasteiger partial charge in [0.25, 0.3) is 0 Å². The van der Waals surface area contributed by atoms with E-state index in [1.807, 2.05) is 13.8 Å². The summed E-state index contributed by atoms with van der Waals surface area (Å²) >= 11 is 1.38. The first-order valence-corrected chi connectivity index (χ1v) is 8.13. The van der Waals surface area contributed by atoms with Crippen LogP contribution in [0.5, 0.6) is 0 Å². The molecule has 0 aliphatic carbocycles. The van der Waals surface area contributed by atoms with Crippen molar-refractivity contribution in [1.82, 2.24) is 0 Å². The molecule has 0 heterocycles. The van der Waals surface area contributed by atoms with Crippen LogP contribution in [-0.2, 0) is 9.59 Å². The highest BCUT2D eigenvalue weighted by Crippen LogP contribution is 2.34.